The van der Waals surface area contributed by atoms with Crippen LogP contribution in [0.4, 0.5) is 4.39 Å². The molecular weight excluding hydrogens is 295 g/mol. The molecule has 0 aromatic heterocycles. The number of guanidine groups is 1. The molecule has 0 radical (unpaired) electrons. The van der Waals surface area contributed by atoms with E-state index < -0.39 is 0 Å². The zero-order valence-electron chi connectivity index (χ0n) is 14.0. The van der Waals surface area contributed by atoms with Crippen molar-refractivity contribution in [1.29, 1.82) is 0 Å². The third-order valence-electron chi connectivity index (χ3n) is 4.08. The van der Waals surface area contributed by atoms with E-state index in [1.165, 1.54) is 31.5 Å². The first-order valence-corrected chi connectivity index (χ1v) is 8.28. The van der Waals surface area contributed by atoms with E-state index >= 15 is 0 Å². The summed E-state index contributed by atoms with van der Waals surface area (Å²) in [6.07, 6.45) is 2.28. The van der Waals surface area contributed by atoms with Crippen LogP contribution in [0.5, 0.6) is 5.75 Å². The SMILES string of the molecule is CCN1CCCC1CNC(N)=NCC(C)Oc1cccc(F)c1. The standard InChI is InChI=1S/C17H27FN4O/c1-3-22-9-5-7-15(22)12-21-17(19)20-11-13(2)23-16-8-4-6-14(18)10-16/h4,6,8,10,13,15H,3,5,7,9,11-12H2,1-2H3,(H3,19,20,21). The lowest BCUT2D eigenvalue weighted by Gasteiger charge is -2.23. The van der Waals surface area contributed by atoms with E-state index in [1.807, 2.05) is 6.92 Å². The third-order valence-corrected chi connectivity index (χ3v) is 4.08. The summed E-state index contributed by atoms with van der Waals surface area (Å²) in [6, 6.07) is 6.64. The van der Waals surface area contributed by atoms with Gasteiger partial charge in [-0.3, -0.25) is 4.90 Å². The number of benzene rings is 1. The zero-order valence-corrected chi connectivity index (χ0v) is 14.0. The maximum Gasteiger partial charge on any atom is 0.188 e. The molecule has 1 saturated heterocycles. The first kappa shape index (κ1) is 17.5. The van der Waals surface area contributed by atoms with E-state index in [0.29, 0.717) is 24.3 Å². The average molecular weight is 322 g/mol. The summed E-state index contributed by atoms with van der Waals surface area (Å²) in [5, 5.41) is 3.19. The van der Waals surface area contributed by atoms with Crippen molar-refractivity contribution < 1.29 is 9.13 Å². The summed E-state index contributed by atoms with van der Waals surface area (Å²) in [5.74, 6) is 0.628. The number of aliphatic imine (C=N–C) groups is 1. The van der Waals surface area contributed by atoms with Crippen LogP contribution in [0.1, 0.15) is 26.7 Å². The van der Waals surface area contributed by atoms with Gasteiger partial charge in [-0.1, -0.05) is 13.0 Å². The van der Waals surface area contributed by atoms with Crippen LogP contribution in [-0.2, 0) is 0 Å². The molecule has 1 heterocycles. The predicted molar refractivity (Wildman–Crippen MR) is 91.3 cm³/mol. The Morgan fingerprint density at radius 1 is 1.57 bits per heavy atom. The van der Waals surface area contributed by atoms with Crippen LogP contribution >= 0.6 is 0 Å². The normalized spacial score (nSPS) is 20.5. The number of halogens is 1. The highest BCUT2D eigenvalue weighted by Crippen LogP contribution is 2.15. The summed E-state index contributed by atoms with van der Waals surface area (Å²) in [4.78, 5) is 6.75. The van der Waals surface area contributed by atoms with Gasteiger partial charge in [0, 0.05) is 18.7 Å². The Morgan fingerprint density at radius 2 is 2.39 bits per heavy atom. The molecule has 5 nitrogen and oxygen atoms in total. The minimum atomic E-state index is -0.309. The highest BCUT2D eigenvalue weighted by molar-refractivity contribution is 5.77. The van der Waals surface area contributed by atoms with Gasteiger partial charge in [0.25, 0.3) is 0 Å². The monoisotopic (exact) mass is 322 g/mol. The van der Waals surface area contributed by atoms with Gasteiger partial charge < -0.3 is 15.8 Å². The van der Waals surface area contributed by atoms with Gasteiger partial charge in [-0.25, -0.2) is 9.38 Å². The van der Waals surface area contributed by atoms with Crippen molar-refractivity contribution in [3.05, 3.63) is 30.1 Å². The Kier molecular flexibility index (Phi) is 6.65. The highest BCUT2D eigenvalue weighted by atomic mass is 19.1. The van der Waals surface area contributed by atoms with Crippen LogP contribution in [0.15, 0.2) is 29.3 Å². The second-order valence-electron chi connectivity index (χ2n) is 5.92. The van der Waals surface area contributed by atoms with Crippen molar-refractivity contribution in [2.24, 2.45) is 10.7 Å². The number of nitrogens with one attached hydrogen (secondary N) is 1. The minimum Gasteiger partial charge on any atom is -0.489 e. The number of nitrogens with two attached hydrogens (primary N) is 1. The van der Waals surface area contributed by atoms with Crippen molar-refractivity contribution in [3.8, 4) is 5.75 Å². The van der Waals surface area contributed by atoms with E-state index in [4.69, 9.17) is 10.5 Å². The molecule has 3 N–H and O–H groups in total. The van der Waals surface area contributed by atoms with Crippen molar-refractivity contribution in [2.75, 3.05) is 26.2 Å². The fraction of sp³-hybridized carbons (Fsp3) is 0.588. The van der Waals surface area contributed by atoms with Gasteiger partial charge in [0.2, 0.25) is 0 Å². The summed E-state index contributed by atoms with van der Waals surface area (Å²) in [5.41, 5.74) is 5.91. The second-order valence-corrected chi connectivity index (χ2v) is 5.92. The Labute approximate surface area is 137 Å². The summed E-state index contributed by atoms with van der Waals surface area (Å²) in [7, 11) is 0. The molecule has 0 aliphatic carbocycles. The number of rotatable bonds is 7. The smallest absolute Gasteiger partial charge is 0.188 e. The lowest BCUT2D eigenvalue weighted by molar-refractivity contribution is 0.229. The van der Waals surface area contributed by atoms with Gasteiger partial charge in [-0.05, 0) is 45.0 Å². The quantitative estimate of drug-likeness (QED) is 0.595. The number of likely N-dealkylation sites (tertiary alicyclic amines) is 1. The van der Waals surface area contributed by atoms with Gasteiger partial charge in [-0.2, -0.15) is 0 Å². The number of ether oxygens (including phenoxy) is 1. The molecule has 0 spiro atoms. The molecule has 2 atom stereocenters. The molecule has 2 unspecified atom stereocenters. The third kappa shape index (κ3) is 5.71. The number of likely N-dealkylation sites (N-methyl/N-ethyl adjacent to an activating group) is 1. The molecular formula is C17H27FN4O. The van der Waals surface area contributed by atoms with Crippen LogP contribution in [0, 0.1) is 5.82 Å². The second kappa shape index (κ2) is 8.72. The number of hydrogen-bond donors (Lipinski definition) is 2. The topological polar surface area (TPSA) is 62.9 Å². The van der Waals surface area contributed by atoms with Crippen LogP contribution in [0.3, 0.4) is 0 Å². The van der Waals surface area contributed by atoms with Crippen LogP contribution in [0.25, 0.3) is 0 Å². The van der Waals surface area contributed by atoms with E-state index in [9.17, 15) is 4.39 Å². The zero-order chi connectivity index (χ0) is 16.7. The summed E-state index contributed by atoms with van der Waals surface area (Å²) in [6.45, 7) is 7.55. The lowest BCUT2D eigenvalue weighted by atomic mass is 10.2. The van der Waals surface area contributed by atoms with E-state index in [-0.39, 0.29) is 11.9 Å². The predicted octanol–water partition coefficient (Wildman–Crippen LogP) is 1.98. The highest BCUT2D eigenvalue weighted by Gasteiger charge is 2.22. The average Bonchev–Trinajstić information content (AvgIpc) is 2.98. The first-order chi connectivity index (χ1) is 11.1. The van der Waals surface area contributed by atoms with Gasteiger partial charge >= 0.3 is 0 Å². The Morgan fingerprint density at radius 3 is 3.13 bits per heavy atom. The molecule has 1 aromatic carbocycles. The molecule has 0 saturated carbocycles. The molecule has 1 aliphatic heterocycles. The fourth-order valence-electron chi connectivity index (χ4n) is 2.86. The number of hydrogen-bond acceptors (Lipinski definition) is 3. The van der Waals surface area contributed by atoms with Gasteiger partial charge in [0.05, 0.1) is 6.54 Å². The van der Waals surface area contributed by atoms with E-state index in [2.05, 4.69) is 22.1 Å². The molecule has 2 rings (SSSR count). The number of nitrogens with zero attached hydrogens (tertiary/aromatic N) is 2. The van der Waals surface area contributed by atoms with Crippen molar-refractivity contribution in [1.82, 2.24) is 10.2 Å². The lowest BCUT2D eigenvalue weighted by Crippen LogP contribution is -2.43. The molecule has 23 heavy (non-hydrogen) atoms. The van der Waals surface area contributed by atoms with Crippen LogP contribution in [-0.4, -0.2) is 49.2 Å². The summed E-state index contributed by atoms with van der Waals surface area (Å²) >= 11 is 0. The van der Waals surface area contributed by atoms with Crippen molar-refractivity contribution in [3.63, 3.8) is 0 Å². The van der Waals surface area contributed by atoms with Crippen molar-refractivity contribution >= 4 is 5.96 Å². The van der Waals surface area contributed by atoms with Crippen LogP contribution < -0.4 is 15.8 Å². The Hall–Kier alpha value is -1.82. The fourth-order valence-corrected chi connectivity index (χ4v) is 2.86. The van der Waals surface area contributed by atoms with Gasteiger partial charge in [0.15, 0.2) is 5.96 Å². The minimum absolute atomic E-state index is 0.171. The van der Waals surface area contributed by atoms with Gasteiger partial charge in [0.1, 0.15) is 17.7 Å². The molecule has 128 valence electrons. The molecule has 1 fully saturated rings. The van der Waals surface area contributed by atoms with E-state index in [0.717, 1.165) is 13.1 Å². The molecule has 0 bridgehead atoms. The van der Waals surface area contributed by atoms with E-state index in [1.54, 1.807) is 12.1 Å². The van der Waals surface area contributed by atoms with Crippen molar-refractivity contribution in [2.45, 2.75) is 38.8 Å². The molecule has 1 aromatic rings. The Bertz CT molecular complexity index is 523. The Balaban J connectivity index is 1.73. The largest absolute Gasteiger partial charge is 0.489 e. The molecule has 6 heteroatoms. The maximum atomic E-state index is 13.1. The van der Waals surface area contributed by atoms with Crippen LogP contribution in [0.2, 0.25) is 0 Å². The summed E-state index contributed by atoms with van der Waals surface area (Å²) < 4.78 is 18.7. The molecule has 1 aliphatic rings. The first-order valence-electron chi connectivity index (χ1n) is 8.28. The van der Waals surface area contributed by atoms with Gasteiger partial charge in [-0.15, -0.1) is 0 Å². The molecule has 0 amide bonds. The maximum absolute atomic E-state index is 13.1.